The number of rotatable bonds is 1. The molecule has 3 aromatic rings. The summed E-state index contributed by atoms with van der Waals surface area (Å²) in [5.74, 6) is -0.238. The molecule has 3 heteroatoms. The Kier molecular flexibility index (Phi) is 2.68. The van der Waals surface area contributed by atoms with Gasteiger partial charge in [0, 0.05) is 21.1 Å². The van der Waals surface area contributed by atoms with Gasteiger partial charge in [-0.2, -0.15) is 0 Å². The highest BCUT2D eigenvalue weighted by Crippen LogP contribution is 2.22. The molecule has 0 saturated heterocycles. The van der Waals surface area contributed by atoms with Gasteiger partial charge in [0.25, 0.3) is 0 Å². The lowest BCUT2D eigenvalue weighted by Gasteiger charge is -2.05. The molecule has 0 aliphatic rings. The monoisotopic (exact) mass is 255 g/mol. The van der Waals surface area contributed by atoms with E-state index in [1.165, 1.54) is 12.1 Å². The van der Waals surface area contributed by atoms with Crippen LogP contribution < -0.4 is 0 Å². The highest BCUT2D eigenvalue weighted by atomic mass is 32.1. The van der Waals surface area contributed by atoms with Gasteiger partial charge in [0.15, 0.2) is 0 Å². The SMILES string of the molecule is Fc1ccc(-c2cc(=S)c3ccccc3[nH]2)cc1. The first-order chi connectivity index (χ1) is 8.74. The van der Waals surface area contributed by atoms with Gasteiger partial charge in [0.1, 0.15) is 5.82 Å². The van der Waals surface area contributed by atoms with E-state index >= 15 is 0 Å². The minimum atomic E-state index is -0.238. The molecule has 2 aromatic carbocycles. The van der Waals surface area contributed by atoms with Gasteiger partial charge in [-0.05, 0) is 42.0 Å². The Morgan fingerprint density at radius 2 is 1.67 bits per heavy atom. The van der Waals surface area contributed by atoms with Gasteiger partial charge in [-0.1, -0.05) is 30.4 Å². The van der Waals surface area contributed by atoms with Crippen molar-refractivity contribution in [2.24, 2.45) is 0 Å². The number of aromatic nitrogens is 1. The normalized spacial score (nSPS) is 10.7. The van der Waals surface area contributed by atoms with E-state index in [-0.39, 0.29) is 5.82 Å². The van der Waals surface area contributed by atoms with Crippen molar-refractivity contribution in [1.82, 2.24) is 4.98 Å². The standard InChI is InChI=1S/C15H10FNS/c16-11-7-5-10(6-8-11)14-9-15(18)12-3-1-2-4-13(12)17-14/h1-9H,(H,17,18). The fraction of sp³-hybridized carbons (Fsp3) is 0. The molecule has 0 aliphatic carbocycles. The van der Waals surface area contributed by atoms with Gasteiger partial charge in [0.05, 0.1) is 0 Å². The van der Waals surface area contributed by atoms with E-state index in [0.29, 0.717) is 0 Å². The highest BCUT2D eigenvalue weighted by Gasteiger charge is 2.02. The second-order valence-corrected chi connectivity index (χ2v) is 4.54. The zero-order valence-electron chi connectivity index (χ0n) is 9.48. The number of aromatic amines is 1. The summed E-state index contributed by atoms with van der Waals surface area (Å²) in [6.07, 6.45) is 0. The summed E-state index contributed by atoms with van der Waals surface area (Å²) >= 11 is 5.37. The van der Waals surface area contributed by atoms with Crippen molar-refractivity contribution < 1.29 is 4.39 Å². The van der Waals surface area contributed by atoms with Crippen LogP contribution in [0.1, 0.15) is 0 Å². The molecule has 1 aromatic heterocycles. The summed E-state index contributed by atoms with van der Waals surface area (Å²) in [6, 6.07) is 16.2. The zero-order chi connectivity index (χ0) is 12.5. The van der Waals surface area contributed by atoms with Crippen molar-refractivity contribution in [3.8, 4) is 11.3 Å². The number of para-hydroxylation sites is 1. The third kappa shape index (κ3) is 1.93. The molecule has 0 unspecified atom stereocenters. The molecule has 88 valence electrons. The summed E-state index contributed by atoms with van der Waals surface area (Å²) in [4.78, 5) is 3.31. The third-order valence-electron chi connectivity index (χ3n) is 2.89. The molecule has 3 rings (SSSR count). The quantitative estimate of drug-likeness (QED) is 0.623. The van der Waals surface area contributed by atoms with Crippen LogP contribution in [0.3, 0.4) is 0 Å². The van der Waals surface area contributed by atoms with Crippen LogP contribution in [0.25, 0.3) is 22.2 Å². The van der Waals surface area contributed by atoms with E-state index in [9.17, 15) is 4.39 Å². The van der Waals surface area contributed by atoms with Gasteiger partial charge in [-0.15, -0.1) is 0 Å². The molecule has 1 N–H and O–H groups in total. The van der Waals surface area contributed by atoms with Crippen molar-refractivity contribution in [1.29, 1.82) is 0 Å². The van der Waals surface area contributed by atoms with Crippen LogP contribution in [-0.4, -0.2) is 4.98 Å². The number of hydrogen-bond donors (Lipinski definition) is 1. The van der Waals surface area contributed by atoms with Crippen LogP contribution in [0.2, 0.25) is 0 Å². The van der Waals surface area contributed by atoms with Gasteiger partial charge in [-0.25, -0.2) is 4.39 Å². The predicted octanol–water partition coefficient (Wildman–Crippen LogP) is 4.70. The molecular formula is C15H10FNS. The molecule has 0 bridgehead atoms. The smallest absolute Gasteiger partial charge is 0.123 e. The van der Waals surface area contributed by atoms with Crippen LogP contribution in [0.5, 0.6) is 0 Å². The highest BCUT2D eigenvalue weighted by molar-refractivity contribution is 7.71. The fourth-order valence-corrected chi connectivity index (χ4v) is 2.28. The Bertz CT molecular complexity index is 759. The lowest BCUT2D eigenvalue weighted by atomic mass is 10.1. The summed E-state index contributed by atoms with van der Waals surface area (Å²) in [5, 5.41) is 1.03. The van der Waals surface area contributed by atoms with Gasteiger partial charge >= 0.3 is 0 Å². The van der Waals surface area contributed by atoms with Gasteiger partial charge in [-0.3, -0.25) is 0 Å². The van der Waals surface area contributed by atoms with Crippen molar-refractivity contribution in [3.05, 3.63) is 64.9 Å². The van der Waals surface area contributed by atoms with Crippen molar-refractivity contribution in [3.63, 3.8) is 0 Å². The molecule has 0 spiro atoms. The Morgan fingerprint density at radius 3 is 2.44 bits per heavy atom. The Morgan fingerprint density at radius 1 is 0.944 bits per heavy atom. The summed E-state index contributed by atoms with van der Waals surface area (Å²) in [7, 11) is 0. The summed E-state index contributed by atoms with van der Waals surface area (Å²) in [6.45, 7) is 0. The minimum Gasteiger partial charge on any atom is -0.354 e. The molecule has 0 saturated carbocycles. The maximum absolute atomic E-state index is 12.9. The average Bonchev–Trinajstić information content (AvgIpc) is 2.39. The summed E-state index contributed by atoms with van der Waals surface area (Å²) < 4.78 is 13.7. The third-order valence-corrected chi connectivity index (χ3v) is 3.23. The molecule has 0 atom stereocenters. The summed E-state index contributed by atoms with van der Waals surface area (Å²) in [5.41, 5.74) is 2.82. The zero-order valence-corrected chi connectivity index (χ0v) is 10.3. The predicted molar refractivity (Wildman–Crippen MR) is 74.5 cm³/mol. The number of hydrogen-bond acceptors (Lipinski definition) is 1. The first kappa shape index (κ1) is 11.1. The van der Waals surface area contributed by atoms with E-state index < -0.39 is 0 Å². The maximum Gasteiger partial charge on any atom is 0.123 e. The van der Waals surface area contributed by atoms with Crippen LogP contribution >= 0.6 is 12.2 Å². The lowest BCUT2D eigenvalue weighted by Crippen LogP contribution is -1.86. The van der Waals surface area contributed by atoms with Crippen molar-refractivity contribution >= 4 is 23.1 Å². The maximum atomic E-state index is 12.9. The van der Waals surface area contributed by atoms with E-state index in [1.54, 1.807) is 12.1 Å². The molecule has 18 heavy (non-hydrogen) atoms. The lowest BCUT2D eigenvalue weighted by molar-refractivity contribution is 0.628. The second kappa shape index (κ2) is 4.35. The molecule has 0 fully saturated rings. The largest absolute Gasteiger partial charge is 0.354 e. The van der Waals surface area contributed by atoms with Crippen LogP contribution in [0.4, 0.5) is 4.39 Å². The van der Waals surface area contributed by atoms with E-state index in [4.69, 9.17) is 12.2 Å². The van der Waals surface area contributed by atoms with E-state index in [1.807, 2.05) is 30.3 Å². The van der Waals surface area contributed by atoms with Crippen LogP contribution in [-0.2, 0) is 0 Å². The van der Waals surface area contributed by atoms with E-state index in [2.05, 4.69) is 4.98 Å². The Balaban J connectivity index is 2.24. The molecule has 0 aliphatic heterocycles. The van der Waals surface area contributed by atoms with E-state index in [0.717, 1.165) is 26.7 Å². The van der Waals surface area contributed by atoms with Gasteiger partial charge < -0.3 is 4.98 Å². The molecule has 0 amide bonds. The number of H-pyrrole nitrogens is 1. The molecule has 1 heterocycles. The Hall–Kier alpha value is -2.00. The van der Waals surface area contributed by atoms with Gasteiger partial charge in [0.2, 0.25) is 0 Å². The number of halogens is 1. The first-order valence-corrected chi connectivity index (χ1v) is 6.03. The fourth-order valence-electron chi connectivity index (χ4n) is 1.98. The number of pyridine rings is 1. The van der Waals surface area contributed by atoms with Crippen LogP contribution in [0, 0.1) is 10.3 Å². The average molecular weight is 255 g/mol. The second-order valence-electron chi connectivity index (χ2n) is 4.10. The molecule has 0 radical (unpaired) electrons. The minimum absolute atomic E-state index is 0.238. The number of fused-ring (bicyclic) bond motifs is 1. The van der Waals surface area contributed by atoms with Crippen molar-refractivity contribution in [2.45, 2.75) is 0 Å². The molecule has 1 nitrogen and oxygen atoms in total. The van der Waals surface area contributed by atoms with Crippen molar-refractivity contribution in [2.75, 3.05) is 0 Å². The van der Waals surface area contributed by atoms with Crippen LogP contribution in [0.15, 0.2) is 54.6 Å². The number of benzene rings is 2. The Labute approximate surface area is 109 Å². The first-order valence-electron chi connectivity index (χ1n) is 5.62. The molecular weight excluding hydrogens is 245 g/mol. The topological polar surface area (TPSA) is 15.8 Å². The number of nitrogens with one attached hydrogen (secondary N) is 1.